The number of hydrogen-bond donors (Lipinski definition) is 1. The van der Waals surface area contributed by atoms with Crippen molar-refractivity contribution in [2.75, 3.05) is 5.73 Å². The van der Waals surface area contributed by atoms with Crippen LogP contribution in [0.3, 0.4) is 0 Å². The zero-order valence-corrected chi connectivity index (χ0v) is 13.5. The Balaban J connectivity index is 1.81. The largest absolute Gasteiger partial charge is 0.460 e. The zero-order valence-electron chi connectivity index (χ0n) is 12.8. The lowest BCUT2D eigenvalue weighted by Crippen LogP contribution is -1.98. The first kappa shape index (κ1) is 14.7. The van der Waals surface area contributed by atoms with Crippen LogP contribution in [0.4, 0.5) is 5.95 Å². The van der Waals surface area contributed by atoms with Crippen molar-refractivity contribution in [1.29, 1.82) is 0 Å². The van der Waals surface area contributed by atoms with E-state index in [0.717, 1.165) is 11.3 Å². The molecule has 0 atom stereocenters. The number of halogens is 1. The number of furan rings is 1. The van der Waals surface area contributed by atoms with Crippen molar-refractivity contribution in [1.82, 2.24) is 15.1 Å². The van der Waals surface area contributed by atoms with E-state index in [0.29, 0.717) is 39.7 Å². The highest BCUT2D eigenvalue weighted by Gasteiger charge is 2.19. The molecular weight excluding hydrogens is 328 g/mol. The fraction of sp³-hybridized carbons (Fsp3) is 0.118. The highest BCUT2D eigenvalue weighted by molar-refractivity contribution is 6.30. The maximum absolute atomic E-state index is 5.92. The highest BCUT2D eigenvalue weighted by atomic mass is 35.5. The number of benzene rings is 1. The molecule has 3 aromatic heterocycles. The third kappa shape index (κ3) is 2.61. The lowest BCUT2D eigenvalue weighted by Gasteiger charge is -2.00. The van der Waals surface area contributed by atoms with Crippen LogP contribution in [0, 0.1) is 6.92 Å². The Bertz CT molecular complexity index is 1020. The van der Waals surface area contributed by atoms with Crippen molar-refractivity contribution in [2.24, 2.45) is 0 Å². The van der Waals surface area contributed by atoms with Gasteiger partial charge >= 0.3 is 0 Å². The van der Waals surface area contributed by atoms with Crippen molar-refractivity contribution in [3.8, 4) is 11.5 Å². The van der Waals surface area contributed by atoms with Gasteiger partial charge in [0.05, 0.1) is 0 Å². The van der Waals surface area contributed by atoms with Gasteiger partial charge in [0.25, 0.3) is 0 Å². The molecule has 0 saturated carbocycles. The van der Waals surface area contributed by atoms with Crippen LogP contribution in [0.25, 0.3) is 22.6 Å². The number of nitrogen functional groups attached to an aromatic ring is 1. The van der Waals surface area contributed by atoms with Gasteiger partial charge in [-0.3, -0.25) is 0 Å². The molecule has 6 nitrogen and oxygen atoms in total. The molecule has 0 amide bonds. The van der Waals surface area contributed by atoms with Gasteiger partial charge in [-0.25, -0.2) is 9.97 Å². The second kappa shape index (κ2) is 5.65. The molecule has 0 bridgehead atoms. The molecule has 0 spiro atoms. The third-order valence-corrected chi connectivity index (χ3v) is 3.91. The Kier molecular flexibility index (Phi) is 3.46. The summed E-state index contributed by atoms with van der Waals surface area (Å²) in [6, 6.07) is 11.2. The van der Waals surface area contributed by atoms with Crippen molar-refractivity contribution in [3.63, 3.8) is 0 Å². The highest BCUT2D eigenvalue weighted by Crippen LogP contribution is 2.30. The molecule has 2 N–H and O–H groups in total. The first-order valence-corrected chi connectivity index (χ1v) is 7.71. The summed E-state index contributed by atoms with van der Waals surface area (Å²) < 4.78 is 11.1. The van der Waals surface area contributed by atoms with Gasteiger partial charge in [0.1, 0.15) is 17.0 Å². The molecule has 7 heteroatoms. The zero-order chi connectivity index (χ0) is 16.7. The predicted molar refractivity (Wildman–Crippen MR) is 90.7 cm³/mol. The second-order valence-electron chi connectivity index (χ2n) is 5.45. The van der Waals surface area contributed by atoms with Crippen molar-refractivity contribution in [2.45, 2.75) is 13.3 Å². The molecule has 24 heavy (non-hydrogen) atoms. The SMILES string of the molecule is Cc1ccc(-c2nc(N)nc3c(Cc4ccc(Cl)cc4)noc23)o1. The third-order valence-electron chi connectivity index (χ3n) is 3.66. The average molecular weight is 341 g/mol. The molecule has 0 aliphatic rings. The molecule has 0 radical (unpaired) electrons. The molecule has 3 heterocycles. The van der Waals surface area contributed by atoms with Gasteiger partial charge in [-0.2, -0.15) is 0 Å². The molecule has 0 aliphatic heterocycles. The summed E-state index contributed by atoms with van der Waals surface area (Å²) in [6.07, 6.45) is 0.553. The summed E-state index contributed by atoms with van der Waals surface area (Å²) in [4.78, 5) is 8.52. The maximum Gasteiger partial charge on any atom is 0.221 e. The molecular formula is C17H13ClN4O2. The van der Waals surface area contributed by atoms with Gasteiger partial charge in [0.15, 0.2) is 11.5 Å². The lowest BCUT2D eigenvalue weighted by atomic mass is 10.1. The van der Waals surface area contributed by atoms with Gasteiger partial charge in [0.2, 0.25) is 11.5 Å². The van der Waals surface area contributed by atoms with Crippen molar-refractivity contribution >= 4 is 28.6 Å². The van der Waals surface area contributed by atoms with E-state index in [2.05, 4.69) is 15.1 Å². The summed E-state index contributed by atoms with van der Waals surface area (Å²) in [5.41, 5.74) is 9.13. The number of hydrogen-bond acceptors (Lipinski definition) is 6. The molecule has 1 aromatic carbocycles. The molecule has 0 saturated heterocycles. The van der Waals surface area contributed by atoms with Gasteiger partial charge in [-0.15, -0.1) is 0 Å². The quantitative estimate of drug-likeness (QED) is 0.605. The van der Waals surface area contributed by atoms with Crippen LogP contribution in [0.2, 0.25) is 5.02 Å². The van der Waals surface area contributed by atoms with Crippen LogP contribution in [-0.2, 0) is 6.42 Å². The summed E-state index contributed by atoms with van der Waals surface area (Å²) in [7, 11) is 0. The summed E-state index contributed by atoms with van der Waals surface area (Å²) in [6.45, 7) is 1.86. The molecule has 0 fully saturated rings. The number of aromatic nitrogens is 3. The minimum atomic E-state index is 0.145. The monoisotopic (exact) mass is 340 g/mol. The van der Waals surface area contributed by atoms with Gasteiger partial charge in [0, 0.05) is 11.4 Å². The van der Waals surface area contributed by atoms with Crippen molar-refractivity contribution in [3.05, 3.63) is 58.4 Å². The fourth-order valence-electron chi connectivity index (χ4n) is 2.53. The van der Waals surface area contributed by atoms with Gasteiger partial charge in [-0.05, 0) is 36.8 Å². The minimum absolute atomic E-state index is 0.145. The molecule has 120 valence electrons. The first-order chi connectivity index (χ1) is 11.6. The smallest absolute Gasteiger partial charge is 0.221 e. The van der Waals surface area contributed by atoms with Crippen molar-refractivity contribution < 1.29 is 8.94 Å². The molecule has 0 aliphatic carbocycles. The van der Waals surface area contributed by atoms with E-state index in [-0.39, 0.29) is 5.95 Å². The van der Waals surface area contributed by atoms with Crippen LogP contribution in [0.15, 0.2) is 45.3 Å². The normalized spacial score (nSPS) is 11.2. The summed E-state index contributed by atoms with van der Waals surface area (Å²) in [5, 5.41) is 4.83. The Morgan fingerprint density at radius 3 is 2.58 bits per heavy atom. The average Bonchev–Trinajstić information content (AvgIpc) is 3.16. The van der Waals surface area contributed by atoms with E-state index in [1.807, 2.05) is 43.3 Å². The number of rotatable bonds is 3. The Hall–Kier alpha value is -2.86. The van der Waals surface area contributed by atoms with E-state index in [1.165, 1.54) is 0 Å². The summed E-state index contributed by atoms with van der Waals surface area (Å²) >= 11 is 5.92. The fourth-order valence-corrected chi connectivity index (χ4v) is 2.66. The van der Waals surface area contributed by atoms with E-state index in [9.17, 15) is 0 Å². The molecule has 4 rings (SSSR count). The molecule has 4 aromatic rings. The number of nitrogens with zero attached hydrogens (tertiary/aromatic N) is 3. The minimum Gasteiger partial charge on any atom is -0.460 e. The topological polar surface area (TPSA) is 91.0 Å². The number of anilines is 1. The van der Waals surface area contributed by atoms with E-state index in [1.54, 1.807) is 0 Å². The van der Waals surface area contributed by atoms with Gasteiger partial charge in [-0.1, -0.05) is 28.9 Å². The number of nitrogens with two attached hydrogens (primary N) is 1. The second-order valence-corrected chi connectivity index (χ2v) is 5.89. The maximum atomic E-state index is 5.92. The van der Waals surface area contributed by atoms with E-state index in [4.69, 9.17) is 26.3 Å². The van der Waals surface area contributed by atoms with E-state index < -0.39 is 0 Å². The predicted octanol–water partition coefficient (Wildman–Crippen LogP) is 4.01. The van der Waals surface area contributed by atoms with Crippen LogP contribution in [0.1, 0.15) is 17.0 Å². The van der Waals surface area contributed by atoms with Crippen LogP contribution in [0.5, 0.6) is 0 Å². The standard InChI is InChI=1S/C17H13ClN4O2/c1-9-2-7-13(23-9)15-16-14(20-17(19)21-15)12(22-24-16)8-10-3-5-11(18)6-4-10/h2-7H,8H2,1H3,(H2,19,20,21). The van der Waals surface area contributed by atoms with Crippen LogP contribution >= 0.6 is 11.6 Å². The Morgan fingerprint density at radius 2 is 1.88 bits per heavy atom. The van der Waals surface area contributed by atoms with Crippen LogP contribution in [-0.4, -0.2) is 15.1 Å². The Morgan fingerprint density at radius 1 is 1.08 bits per heavy atom. The number of aryl methyl sites for hydroxylation is 1. The van der Waals surface area contributed by atoms with E-state index >= 15 is 0 Å². The Labute approximate surface area is 142 Å². The number of fused-ring (bicyclic) bond motifs is 1. The lowest BCUT2D eigenvalue weighted by molar-refractivity contribution is 0.446. The first-order valence-electron chi connectivity index (χ1n) is 7.33. The molecule has 0 unspecified atom stereocenters. The van der Waals surface area contributed by atoms with Gasteiger partial charge < -0.3 is 14.7 Å². The van der Waals surface area contributed by atoms with Crippen LogP contribution < -0.4 is 5.73 Å². The summed E-state index contributed by atoms with van der Waals surface area (Å²) in [5.74, 6) is 1.49.